The predicted octanol–water partition coefficient (Wildman–Crippen LogP) is 3.27. The maximum atomic E-state index is 13.6. The van der Waals surface area contributed by atoms with Crippen molar-refractivity contribution in [2.24, 2.45) is 0 Å². The first-order valence-corrected chi connectivity index (χ1v) is 13.2. The molecule has 3 aromatic heterocycles. The minimum absolute atomic E-state index is 0.0555. The average Bonchev–Trinajstić information content (AvgIpc) is 3.32. The minimum Gasteiger partial charge on any atom is -0.495 e. The first-order chi connectivity index (χ1) is 18.2. The molecular formula is C25H29N7O5S. The van der Waals surface area contributed by atoms with E-state index in [0.717, 1.165) is 11.1 Å². The van der Waals surface area contributed by atoms with Gasteiger partial charge in [0.2, 0.25) is 21.9 Å². The van der Waals surface area contributed by atoms with Crippen LogP contribution in [0.4, 0.5) is 5.95 Å². The van der Waals surface area contributed by atoms with Crippen molar-refractivity contribution < 1.29 is 22.6 Å². The third-order valence-electron chi connectivity index (χ3n) is 5.86. The third-order valence-corrected chi connectivity index (χ3v) is 7.55. The van der Waals surface area contributed by atoms with Crippen LogP contribution in [0, 0.1) is 13.8 Å². The second-order valence-corrected chi connectivity index (χ2v) is 10.6. The van der Waals surface area contributed by atoms with E-state index in [9.17, 15) is 8.42 Å². The summed E-state index contributed by atoms with van der Waals surface area (Å²) in [5.74, 6) is 1.32. The summed E-state index contributed by atoms with van der Waals surface area (Å²) < 4.78 is 47.7. The molecular weight excluding hydrogens is 510 g/mol. The number of methoxy groups -OCH3 is 3. The van der Waals surface area contributed by atoms with E-state index in [1.165, 1.54) is 28.3 Å². The predicted molar refractivity (Wildman–Crippen MR) is 141 cm³/mol. The van der Waals surface area contributed by atoms with Gasteiger partial charge >= 0.3 is 0 Å². The number of ether oxygens (including phenoxy) is 3. The second-order valence-electron chi connectivity index (χ2n) is 8.55. The molecule has 0 radical (unpaired) electrons. The number of anilines is 1. The fourth-order valence-corrected chi connectivity index (χ4v) is 4.94. The average molecular weight is 540 g/mol. The van der Waals surface area contributed by atoms with Crippen molar-refractivity contribution in [2.45, 2.75) is 32.1 Å². The smallest absolute Gasteiger partial charge is 0.243 e. The van der Waals surface area contributed by atoms with Crippen molar-refractivity contribution >= 4 is 16.0 Å². The summed E-state index contributed by atoms with van der Waals surface area (Å²) in [5.41, 5.74) is 2.70. The molecule has 1 aromatic carbocycles. The van der Waals surface area contributed by atoms with E-state index >= 15 is 0 Å². The van der Waals surface area contributed by atoms with Gasteiger partial charge in [-0.2, -0.15) is 0 Å². The van der Waals surface area contributed by atoms with Crippen LogP contribution in [-0.2, 0) is 14.8 Å². The molecule has 3 heterocycles. The van der Waals surface area contributed by atoms with E-state index < -0.39 is 21.4 Å². The summed E-state index contributed by atoms with van der Waals surface area (Å²) in [4.78, 5) is 13.0. The van der Waals surface area contributed by atoms with Gasteiger partial charge in [-0.3, -0.25) is 9.29 Å². The molecule has 38 heavy (non-hydrogen) atoms. The Hall–Kier alpha value is -4.10. The van der Waals surface area contributed by atoms with E-state index in [4.69, 9.17) is 14.2 Å². The molecule has 0 bridgehead atoms. The highest BCUT2D eigenvalue weighted by Crippen LogP contribution is 2.33. The lowest BCUT2D eigenvalue weighted by Gasteiger charge is -2.22. The van der Waals surface area contributed by atoms with Gasteiger partial charge in [-0.25, -0.2) is 23.4 Å². The third kappa shape index (κ3) is 5.43. The molecule has 0 fully saturated rings. The summed E-state index contributed by atoms with van der Waals surface area (Å²) in [6, 6.07) is 10.7. The number of rotatable bonds is 10. The fourth-order valence-electron chi connectivity index (χ4n) is 3.81. The van der Waals surface area contributed by atoms with Crippen LogP contribution in [0.2, 0.25) is 0 Å². The highest BCUT2D eigenvalue weighted by molar-refractivity contribution is 7.93. The maximum absolute atomic E-state index is 13.6. The van der Waals surface area contributed by atoms with Crippen LogP contribution < -0.4 is 14.2 Å². The number of nitrogens with one attached hydrogen (secondary N) is 1. The molecule has 2 atom stereocenters. The number of sulfonamides is 1. The molecule has 0 saturated heterocycles. The summed E-state index contributed by atoms with van der Waals surface area (Å²) in [5, 5.41) is 7.37. The van der Waals surface area contributed by atoms with Gasteiger partial charge in [0, 0.05) is 25.6 Å². The summed E-state index contributed by atoms with van der Waals surface area (Å²) in [6.07, 6.45) is 2.28. The molecule has 13 heteroatoms. The number of benzene rings is 1. The Kier molecular flexibility index (Phi) is 7.88. The second kappa shape index (κ2) is 11.1. The molecule has 4 aromatic rings. The number of hydrogen-bond donors (Lipinski definition) is 1. The zero-order valence-corrected chi connectivity index (χ0v) is 22.7. The molecule has 0 unspecified atom stereocenters. The van der Waals surface area contributed by atoms with Crippen LogP contribution in [0.3, 0.4) is 0 Å². The maximum Gasteiger partial charge on any atom is 0.243 e. The lowest BCUT2D eigenvalue weighted by Crippen LogP contribution is -2.33. The number of nitrogens with zero attached hydrogens (tertiary/aromatic N) is 6. The molecule has 12 nitrogen and oxygen atoms in total. The number of hydrogen-bond acceptors (Lipinski definition) is 10. The van der Waals surface area contributed by atoms with E-state index in [0.29, 0.717) is 23.0 Å². The fraction of sp³-hybridized carbons (Fsp3) is 0.320. The van der Waals surface area contributed by atoms with Crippen molar-refractivity contribution in [3.05, 3.63) is 65.7 Å². The van der Waals surface area contributed by atoms with Gasteiger partial charge in [0.25, 0.3) is 0 Å². The molecule has 0 aliphatic carbocycles. The first-order valence-electron chi connectivity index (χ1n) is 11.6. The Morgan fingerprint density at radius 3 is 2.34 bits per heavy atom. The van der Waals surface area contributed by atoms with Gasteiger partial charge < -0.3 is 14.2 Å². The van der Waals surface area contributed by atoms with Crippen LogP contribution in [-0.4, -0.2) is 64.7 Å². The van der Waals surface area contributed by atoms with E-state index in [1.807, 2.05) is 26.0 Å². The Morgan fingerprint density at radius 1 is 0.947 bits per heavy atom. The monoisotopic (exact) mass is 539 g/mol. The molecule has 4 rings (SSSR count). The first kappa shape index (κ1) is 26.9. The van der Waals surface area contributed by atoms with Crippen LogP contribution in [0.1, 0.15) is 30.0 Å². The van der Waals surface area contributed by atoms with Crippen molar-refractivity contribution in [3.8, 4) is 28.8 Å². The number of aromatic nitrogens is 6. The zero-order valence-electron chi connectivity index (χ0n) is 21.9. The van der Waals surface area contributed by atoms with Gasteiger partial charge in [0.1, 0.15) is 22.8 Å². The van der Waals surface area contributed by atoms with Crippen molar-refractivity contribution in [3.63, 3.8) is 0 Å². The van der Waals surface area contributed by atoms with Gasteiger partial charge in [-0.1, -0.05) is 12.1 Å². The number of pyridine rings is 1. The van der Waals surface area contributed by atoms with Crippen LogP contribution in [0.25, 0.3) is 17.2 Å². The SMILES string of the molecule is COc1cccc(-c2nnc(NS(=O)(=O)[C@@H](C)[C@H](OC)c3ncc(C)cn3)n2-c2cc(C)ccc2OC)n1. The molecule has 0 aliphatic heterocycles. The Morgan fingerprint density at radius 2 is 1.68 bits per heavy atom. The minimum atomic E-state index is -4.09. The van der Waals surface area contributed by atoms with E-state index in [1.54, 1.807) is 41.2 Å². The highest BCUT2D eigenvalue weighted by atomic mass is 32.2. The molecule has 0 spiro atoms. The van der Waals surface area contributed by atoms with Crippen LogP contribution >= 0.6 is 0 Å². The quantitative estimate of drug-likeness (QED) is 0.319. The van der Waals surface area contributed by atoms with Crippen LogP contribution in [0.5, 0.6) is 11.6 Å². The van der Waals surface area contributed by atoms with E-state index in [-0.39, 0.29) is 17.6 Å². The molecule has 1 N–H and O–H groups in total. The summed E-state index contributed by atoms with van der Waals surface area (Å²) >= 11 is 0. The van der Waals surface area contributed by atoms with Gasteiger partial charge in [0.05, 0.1) is 19.9 Å². The van der Waals surface area contributed by atoms with Crippen molar-refractivity contribution in [1.29, 1.82) is 0 Å². The van der Waals surface area contributed by atoms with Gasteiger partial charge in [-0.15, -0.1) is 10.2 Å². The topological polar surface area (TPSA) is 143 Å². The van der Waals surface area contributed by atoms with Crippen molar-refractivity contribution in [1.82, 2.24) is 29.7 Å². The van der Waals surface area contributed by atoms with E-state index in [2.05, 4.69) is 29.9 Å². The molecule has 0 aliphatic rings. The lowest BCUT2D eigenvalue weighted by molar-refractivity contribution is 0.0949. The largest absolute Gasteiger partial charge is 0.495 e. The van der Waals surface area contributed by atoms with Gasteiger partial charge in [-0.05, 0) is 50.1 Å². The zero-order chi connectivity index (χ0) is 27.4. The molecule has 0 amide bonds. The highest BCUT2D eigenvalue weighted by Gasteiger charge is 2.34. The van der Waals surface area contributed by atoms with Crippen molar-refractivity contribution in [2.75, 3.05) is 26.1 Å². The Bertz CT molecular complexity index is 1520. The lowest BCUT2D eigenvalue weighted by atomic mass is 10.2. The normalized spacial score (nSPS) is 13.1. The van der Waals surface area contributed by atoms with Crippen LogP contribution in [0.15, 0.2) is 48.8 Å². The van der Waals surface area contributed by atoms with Gasteiger partial charge in [0.15, 0.2) is 11.6 Å². The summed E-state index contributed by atoms with van der Waals surface area (Å²) in [7, 11) is 0.352. The Labute approximate surface area is 221 Å². The number of aryl methyl sites for hydroxylation is 2. The molecule has 200 valence electrons. The summed E-state index contributed by atoms with van der Waals surface area (Å²) in [6.45, 7) is 5.26. The molecule has 0 saturated carbocycles. The Balaban J connectivity index is 1.82. The standard InChI is InChI=1S/C25H29N7O5S/c1-15-10-11-20(35-4)19(12-15)32-24(18-8-7-9-21(28-18)36-5)29-30-25(32)31-38(33,34)17(3)22(37-6)23-26-13-16(2)14-27-23/h7-14,17,22H,1-6H3,(H,30,31)/t17-,22-/m0/s1.